The van der Waals surface area contributed by atoms with Crippen LogP contribution in [0.4, 0.5) is 23.5 Å². The monoisotopic (exact) mass is 262 g/mol. The third-order valence-corrected chi connectivity index (χ3v) is 2.33. The predicted octanol–water partition coefficient (Wildman–Crippen LogP) is 0.797. The zero-order valence-corrected chi connectivity index (χ0v) is 10.5. The molecule has 100 valence electrons. The molecule has 0 amide bonds. The molecule has 0 fully saturated rings. The number of rotatable bonds is 4. The highest BCUT2D eigenvalue weighted by Gasteiger charge is 2.08. The van der Waals surface area contributed by atoms with Crippen LogP contribution in [0, 0.1) is 0 Å². The number of nitrogens with one attached hydrogen (secondary N) is 1. The molecule has 0 bridgehead atoms. The minimum atomic E-state index is 0.0440. The van der Waals surface area contributed by atoms with Gasteiger partial charge in [0.1, 0.15) is 11.5 Å². The Morgan fingerprint density at radius 1 is 1.00 bits per heavy atom. The molecule has 2 aromatic rings. The fraction of sp³-hybridized carbons (Fsp3) is 0.182. The fourth-order valence-electron chi connectivity index (χ4n) is 1.49. The van der Waals surface area contributed by atoms with Crippen LogP contribution < -0.4 is 26.3 Å². The number of nitrogens with two attached hydrogens (primary N) is 2. The molecule has 1 aromatic heterocycles. The quantitative estimate of drug-likeness (QED) is 0.739. The minimum Gasteiger partial charge on any atom is -0.497 e. The lowest BCUT2D eigenvalue weighted by Crippen LogP contribution is -2.07. The summed E-state index contributed by atoms with van der Waals surface area (Å²) in [6.45, 7) is 0. The van der Waals surface area contributed by atoms with Crippen molar-refractivity contribution in [1.82, 2.24) is 15.0 Å². The second kappa shape index (κ2) is 5.25. The van der Waals surface area contributed by atoms with Crippen LogP contribution in [0.5, 0.6) is 11.5 Å². The van der Waals surface area contributed by atoms with E-state index in [2.05, 4.69) is 20.3 Å². The Morgan fingerprint density at radius 3 is 2.26 bits per heavy atom. The van der Waals surface area contributed by atoms with Crippen molar-refractivity contribution in [3.63, 3.8) is 0 Å². The maximum absolute atomic E-state index is 5.50. The van der Waals surface area contributed by atoms with Gasteiger partial charge in [0.25, 0.3) is 0 Å². The van der Waals surface area contributed by atoms with E-state index in [4.69, 9.17) is 20.9 Å². The van der Waals surface area contributed by atoms with E-state index < -0.39 is 0 Å². The highest BCUT2D eigenvalue weighted by atomic mass is 16.5. The third kappa shape index (κ3) is 2.92. The van der Waals surface area contributed by atoms with Gasteiger partial charge >= 0.3 is 0 Å². The van der Waals surface area contributed by atoms with E-state index >= 15 is 0 Å². The zero-order valence-electron chi connectivity index (χ0n) is 10.5. The molecular formula is C11H14N6O2. The molecule has 1 aromatic carbocycles. The van der Waals surface area contributed by atoms with E-state index in [1.165, 1.54) is 0 Å². The van der Waals surface area contributed by atoms with E-state index in [1.807, 2.05) is 0 Å². The molecule has 1 heterocycles. The summed E-state index contributed by atoms with van der Waals surface area (Å²) >= 11 is 0. The average Bonchev–Trinajstić information content (AvgIpc) is 2.38. The van der Waals surface area contributed by atoms with Gasteiger partial charge < -0.3 is 26.3 Å². The Hall–Kier alpha value is -2.77. The molecule has 0 saturated carbocycles. The number of nitrogen functional groups attached to an aromatic ring is 2. The third-order valence-electron chi connectivity index (χ3n) is 2.33. The molecule has 0 atom stereocenters. The normalized spacial score (nSPS) is 10.0. The average molecular weight is 262 g/mol. The highest BCUT2D eigenvalue weighted by molar-refractivity contribution is 5.64. The number of hydrogen-bond donors (Lipinski definition) is 3. The fourth-order valence-corrected chi connectivity index (χ4v) is 1.49. The SMILES string of the molecule is COc1ccc(Nc2nc(N)nc(N)n2)c(OC)c1. The van der Waals surface area contributed by atoms with Crippen molar-refractivity contribution in [3.8, 4) is 11.5 Å². The van der Waals surface area contributed by atoms with Gasteiger partial charge in [0.05, 0.1) is 19.9 Å². The van der Waals surface area contributed by atoms with E-state index in [0.29, 0.717) is 17.2 Å². The minimum absolute atomic E-state index is 0.0440. The number of aromatic nitrogens is 3. The number of ether oxygens (including phenoxy) is 2. The summed E-state index contributed by atoms with van der Waals surface area (Å²) < 4.78 is 10.4. The molecular weight excluding hydrogens is 248 g/mol. The summed E-state index contributed by atoms with van der Waals surface area (Å²) in [6, 6.07) is 5.28. The van der Waals surface area contributed by atoms with Crippen molar-refractivity contribution >= 4 is 23.5 Å². The van der Waals surface area contributed by atoms with Crippen LogP contribution in [-0.2, 0) is 0 Å². The van der Waals surface area contributed by atoms with Gasteiger partial charge in [0.2, 0.25) is 17.8 Å². The lowest BCUT2D eigenvalue weighted by Gasteiger charge is -2.11. The van der Waals surface area contributed by atoms with Gasteiger partial charge in [-0.2, -0.15) is 15.0 Å². The Morgan fingerprint density at radius 2 is 1.68 bits per heavy atom. The second-order valence-electron chi connectivity index (χ2n) is 3.57. The van der Waals surface area contributed by atoms with E-state index in [1.54, 1.807) is 32.4 Å². The molecule has 19 heavy (non-hydrogen) atoms. The molecule has 0 aliphatic heterocycles. The van der Waals surface area contributed by atoms with Crippen molar-refractivity contribution in [2.24, 2.45) is 0 Å². The van der Waals surface area contributed by atoms with E-state index in [0.717, 1.165) is 0 Å². The molecule has 8 heteroatoms. The van der Waals surface area contributed by atoms with Crippen LogP contribution in [0.1, 0.15) is 0 Å². The predicted molar refractivity (Wildman–Crippen MR) is 71.5 cm³/mol. The van der Waals surface area contributed by atoms with E-state index in [-0.39, 0.29) is 17.8 Å². The van der Waals surface area contributed by atoms with Gasteiger partial charge in [-0.3, -0.25) is 0 Å². The van der Waals surface area contributed by atoms with Gasteiger partial charge in [0.15, 0.2) is 0 Å². The number of hydrogen-bond acceptors (Lipinski definition) is 8. The van der Waals surface area contributed by atoms with Crippen molar-refractivity contribution in [1.29, 1.82) is 0 Å². The molecule has 0 aliphatic carbocycles. The van der Waals surface area contributed by atoms with Crippen LogP contribution in [-0.4, -0.2) is 29.2 Å². The highest BCUT2D eigenvalue weighted by Crippen LogP contribution is 2.30. The van der Waals surface area contributed by atoms with Crippen LogP contribution in [0.15, 0.2) is 18.2 Å². The summed E-state index contributed by atoms with van der Waals surface area (Å²) in [7, 11) is 3.13. The molecule has 0 saturated heterocycles. The van der Waals surface area contributed by atoms with E-state index in [9.17, 15) is 0 Å². The van der Waals surface area contributed by atoms with Crippen molar-refractivity contribution < 1.29 is 9.47 Å². The van der Waals surface area contributed by atoms with Gasteiger partial charge in [0, 0.05) is 6.07 Å². The summed E-state index contributed by atoms with van der Waals surface area (Å²) in [5.74, 6) is 1.59. The Bertz CT molecular complexity index is 569. The first kappa shape index (κ1) is 12.7. The topological polar surface area (TPSA) is 121 Å². The molecule has 0 radical (unpaired) electrons. The standard InChI is InChI=1S/C11H14N6O2/c1-18-6-3-4-7(8(5-6)19-2)14-11-16-9(12)15-10(13)17-11/h3-5H,1-2H3,(H5,12,13,14,15,16,17). The number of benzene rings is 1. The maximum Gasteiger partial charge on any atom is 0.233 e. The Kier molecular flexibility index (Phi) is 3.51. The van der Waals surface area contributed by atoms with Crippen LogP contribution in [0.2, 0.25) is 0 Å². The first-order valence-corrected chi connectivity index (χ1v) is 5.38. The van der Waals surface area contributed by atoms with Gasteiger partial charge in [-0.05, 0) is 12.1 Å². The second-order valence-corrected chi connectivity index (χ2v) is 3.57. The largest absolute Gasteiger partial charge is 0.497 e. The summed E-state index contributed by atoms with van der Waals surface area (Å²) in [4.78, 5) is 11.5. The number of methoxy groups -OCH3 is 2. The lowest BCUT2D eigenvalue weighted by molar-refractivity contribution is 0.395. The molecule has 0 spiro atoms. The smallest absolute Gasteiger partial charge is 0.233 e. The number of nitrogens with zero attached hydrogens (tertiary/aromatic N) is 3. The van der Waals surface area contributed by atoms with Crippen molar-refractivity contribution in [2.75, 3.05) is 31.0 Å². The molecule has 8 nitrogen and oxygen atoms in total. The molecule has 0 aliphatic rings. The first-order valence-electron chi connectivity index (χ1n) is 5.38. The van der Waals surface area contributed by atoms with Gasteiger partial charge in [-0.1, -0.05) is 0 Å². The van der Waals surface area contributed by atoms with Crippen molar-refractivity contribution in [3.05, 3.63) is 18.2 Å². The summed E-state index contributed by atoms with van der Waals surface area (Å²) in [5, 5.41) is 2.95. The van der Waals surface area contributed by atoms with Gasteiger partial charge in [-0.25, -0.2) is 0 Å². The lowest BCUT2D eigenvalue weighted by atomic mass is 10.2. The number of anilines is 4. The van der Waals surface area contributed by atoms with Gasteiger partial charge in [-0.15, -0.1) is 0 Å². The van der Waals surface area contributed by atoms with Crippen LogP contribution in [0.3, 0.4) is 0 Å². The molecule has 0 unspecified atom stereocenters. The summed E-state index contributed by atoms with van der Waals surface area (Å²) in [5.41, 5.74) is 11.7. The molecule has 5 N–H and O–H groups in total. The first-order chi connectivity index (χ1) is 9.12. The zero-order chi connectivity index (χ0) is 13.8. The summed E-state index contributed by atoms with van der Waals surface area (Å²) in [6.07, 6.45) is 0. The molecule has 2 rings (SSSR count). The maximum atomic E-state index is 5.50. The Labute approximate surface area is 109 Å². The van der Waals surface area contributed by atoms with Crippen LogP contribution >= 0.6 is 0 Å². The Balaban J connectivity index is 2.32. The van der Waals surface area contributed by atoms with Crippen LogP contribution in [0.25, 0.3) is 0 Å². The van der Waals surface area contributed by atoms with Crippen molar-refractivity contribution in [2.45, 2.75) is 0 Å².